The van der Waals surface area contributed by atoms with Gasteiger partial charge in [-0.1, -0.05) is 0 Å². The van der Waals surface area contributed by atoms with Crippen LogP contribution in [0.5, 0.6) is 23.0 Å². The second-order valence-corrected chi connectivity index (χ2v) is 11.4. The molecule has 2 aromatic carbocycles. The molecule has 11 nitrogen and oxygen atoms in total. The third-order valence-electron chi connectivity index (χ3n) is 9.10. The van der Waals surface area contributed by atoms with Crippen molar-refractivity contribution >= 4 is 22.7 Å². The Balaban J connectivity index is 1.90. The molecular weight excluding hydrogens is 614 g/mol. The van der Waals surface area contributed by atoms with Crippen LogP contribution in [0.25, 0.3) is 5.57 Å². The minimum atomic E-state index is 0.615. The van der Waals surface area contributed by atoms with Crippen molar-refractivity contribution in [1.82, 2.24) is 0 Å². The molecule has 0 bridgehead atoms. The Morgan fingerprint density at radius 2 is 1.12 bits per heavy atom. The molecule has 3 aliphatic rings. The predicted molar refractivity (Wildman–Crippen MR) is 188 cm³/mol. The topological polar surface area (TPSA) is 83.3 Å². The number of methoxy groups -OCH3 is 6. The SMILES string of the molecule is CCN(CC)c1cc(OC)c(C(=C2C(OC)=CC(=[N+]3CCOCC3)C=C2OC)c2c(OC)cc(N3CCOCC3)cc2OC)c(OC)c1. The van der Waals surface area contributed by atoms with E-state index in [0.29, 0.717) is 77.6 Å². The van der Waals surface area contributed by atoms with Crippen molar-refractivity contribution in [1.29, 1.82) is 0 Å². The molecule has 0 atom stereocenters. The lowest BCUT2D eigenvalue weighted by Gasteiger charge is -2.31. The zero-order valence-electron chi connectivity index (χ0n) is 29.6. The number of morpholine rings is 2. The summed E-state index contributed by atoms with van der Waals surface area (Å²) in [5, 5.41) is 0. The molecule has 11 heteroatoms. The summed E-state index contributed by atoms with van der Waals surface area (Å²) in [6.07, 6.45) is 4.10. The highest BCUT2D eigenvalue weighted by molar-refractivity contribution is 6.07. The highest BCUT2D eigenvalue weighted by Gasteiger charge is 2.35. The van der Waals surface area contributed by atoms with Gasteiger partial charge in [-0.2, -0.15) is 0 Å². The van der Waals surface area contributed by atoms with Gasteiger partial charge in [0.1, 0.15) is 47.7 Å². The van der Waals surface area contributed by atoms with Crippen molar-refractivity contribution in [2.75, 3.05) is 118 Å². The van der Waals surface area contributed by atoms with Gasteiger partial charge in [0.05, 0.1) is 84.7 Å². The van der Waals surface area contributed by atoms with E-state index in [4.69, 9.17) is 37.9 Å². The van der Waals surface area contributed by atoms with Gasteiger partial charge in [0.15, 0.2) is 13.1 Å². The maximum absolute atomic E-state index is 6.20. The molecule has 0 aromatic heterocycles. The zero-order chi connectivity index (χ0) is 34.2. The fraction of sp³-hybridized carbons (Fsp3) is 0.486. The molecule has 5 rings (SSSR count). The minimum absolute atomic E-state index is 0.615. The normalized spacial score (nSPS) is 16.6. The summed E-state index contributed by atoms with van der Waals surface area (Å²) < 4.78 is 50.7. The molecule has 1 aliphatic carbocycles. The highest BCUT2D eigenvalue weighted by atomic mass is 16.5. The second-order valence-electron chi connectivity index (χ2n) is 11.4. The smallest absolute Gasteiger partial charge is 0.207 e. The second kappa shape index (κ2) is 16.2. The van der Waals surface area contributed by atoms with Gasteiger partial charge in [0.25, 0.3) is 0 Å². The van der Waals surface area contributed by atoms with E-state index in [2.05, 4.69) is 28.2 Å². The van der Waals surface area contributed by atoms with E-state index >= 15 is 0 Å². The quantitative estimate of drug-likeness (QED) is 0.296. The molecule has 260 valence electrons. The number of nitrogens with zero attached hydrogens (tertiary/aromatic N) is 3. The summed E-state index contributed by atoms with van der Waals surface area (Å²) in [6.45, 7) is 11.6. The first-order valence-corrected chi connectivity index (χ1v) is 16.5. The fourth-order valence-corrected chi connectivity index (χ4v) is 6.59. The van der Waals surface area contributed by atoms with E-state index in [1.165, 1.54) is 0 Å². The van der Waals surface area contributed by atoms with Crippen LogP contribution in [0.1, 0.15) is 25.0 Å². The third kappa shape index (κ3) is 6.93. The first kappa shape index (κ1) is 35.0. The van der Waals surface area contributed by atoms with E-state index in [-0.39, 0.29) is 0 Å². The lowest BCUT2D eigenvalue weighted by atomic mass is 9.86. The summed E-state index contributed by atoms with van der Waals surface area (Å²) in [6, 6.07) is 8.20. The van der Waals surface area contributed by atoms with Crippen LogP contribution in [0, 0.1) is 0 Å². The summed E-state index contributed by atoms with van der Waals surface area (Å²) in [5.41, 5.74) is 5.79. The first-order valence-electron chi connectivity index (χ1n) is 16.5. The molecule has 0 spiro atoms. The van der Waals surface area contributed by atoms with Crippen molar-refractivity contribution in [3.05, 3.63) is 64.6 Å². The van der Waals surface area contributed by atoms with Crippen molar-refractivity contribution < 1.29 is 42.5 Å². The molecule has 0 radical (unpaired) electrons. The first-order chi connectivity index (χ1) is 23.5. The molecule has 0 saturated carbocycles. The molecule has 2 aliphatic heterocycles. The molecule has 0 amide bonds. The Bertz CT molecular complexity index is 1500. The van der Waals surface area contributed by atoms with E-state index in [9.17, 15) is 0 Å². The summed E-state index contributed by atoms with van der Waals surface area (Å²) in [5.74, 6) is 3.70. The van der Waals surface area contributed by atoms with Gasteiger partial charge in [0, 0.05) is 67.4 Å². The highest BCUT2D eigenvalue weighted by Crippen LogP contribution is 2.51. The number of rotatable bonds is 12. The Morgan fingerprint density at radius 3 is 1.56 bits per heavy atom. The number of hydrogen-bond acceptors (Lipinski definition) is 10. The average molecular weight is 665 g/mol. The van der Waals surface area contributed by atoms with E-state index in [1.54, 1.807) is 42.7 Å². The number of ether oxygens (including phenoxy) is 8. The van der Waals surface area contributed by atoms with Crippen LogP contribution >= 0.6 is 0 Å². The van der Waals surface area contributed by atoms with Gasteiger partial charge in [-0.15, -0.1) is 0 Å². The molecule has 2 fully saturated rings. The molecule has 2 aromatic rings. The Labute approximate surface area is 284 Å². The molecule has 0 N–H and O–H groups in total. The van der Waals surface area contributed by atoms with E-state index < -0.39 is 0 Å². The molecular formula is C37H50N3O8+. The van der Waals surface area contributed by atoms with Gasteiger partial charge in [-0.3, -0.25) is 0 Å². The van der Waals surface area contributed by atoms with Gasteiger partial charge in [-0.25, -0.2) is 4.58 Å². The molecule has 2 heterocycles. The monoisotopic (exact) mass is 664 g/mol. The molecule has 2 saturated heterocycles. The Hall–Kier alpha value is -4.35. The predicted octanol–water partition coefficient (Wildman–Crippen LogP) is 4.76. The Kier molecular flexibility index (Phi) is 11.8. The Morgan fingerprint density at radius 1 is 0.667 bits per heavy atom. The third-order valence-corrected chi connectivity index (χ3v) is 9.10. The molecule has 0 unspecified atom stereocenters. The van der Waals surface area contributed by atoms with Crippen LogP contribution in [0.3, 0.4) is 0 Å². The number of benzene rings is 2. The van der Waals surface area contributed by atoms with Crippen molar-refractivity contribution in [2.24, 2.45) is 0 Å². The number of anilines is 2. The van der Waals surface area contributed by atoms with Crippen LogP contribution in [-0.4, -0.2) is 119 Å². The van der Waals surface area contributed by atoms with E-state index in [1.807, 2.05) is 36.4 Å². The standard InChI is InChI=1S/C37H50N3O8/c1-9-38(10-2)25-19-28(41-3)34(29(20-25)42-4)37(35-30(43-5)21-26(22-31(35)44-6)39-11-15-47-16-12-39)36-32(45-7)23-27(24-33(36)46-8)40-13-17-48-18-14-40/h19-24H,9-18H2,1-8H3/q+1. The van der Waals surface area contributed by atoms with Crippen LogP contribution in [0.15, 0.2) is 53.5 Å². The summed E-state index contributed by atoms with van der Waals surface area (Å²) in [7, 11) is 10.0. The zero-order valence-corrected chi connectivity index (χ0v) is 29.6. The van der Waals surface area contributed by atoms with Crippen LogP contribution in [0.4, 0.5) is 11.4 Å². The lowest BCUT2D eigenvalue weighted by molar-refractivity contribution is -0.548. The fourth-order valence-electron chi connectivity index (χ4n) is 6.59. The largest absolute Gasteiger partial charge is 0.496 e. The van der Waals surface area contributed by atoms with Crippen molar-refractivity contribution in [3.8, 4) is 23.0 Å². The van der Waals surface area contributed by atoms with Crippen LogP contribution in [-0.2, 0) is 18.9 Å². The van der Waals surface area contributed by atoms with Gasteiger partial charge < -0.3 is 47.7 Å². The lowest BCUT2D eigenvalue weighted by Crippen LogP contribution is -2.36. The van der Waals surface area contributed by atoms with Gasteiger partial charge >= 0.3 is 0 Å². The number of hydrogen-bond donors (Lipinski definition) is 0. The van der Waals surface area contributed by atoms with E-state index in [0.717, 1.165) is 61.9 Å². The van der Waals surface area contributed by atoms with Crippen LogP contribution in [0.2, 0.25) is 0 Å². The summed E-state index contributed by atoms with van der Waals surface area (Å²) >= 11 is 0. The maximum Gasteiger partial charge on any atom is 0.207 e. The minimum Gasteiger partial charge on any atom is -0.496 e. The average Bonchev–Trinajstić information content (AvgIpc) is 3.15. The van der Waals surface area contributed by atoms with Crippen molar-refractivity contribution in [2.45, 2.75) is 13.8 Å². The van der Waals surface area contributed by atoms with Gasteiger partial charge in [0.2, 0.25) is 5.71 Å². The van der Waals surface area contributed by atoms with Crippen molar-refractivity contribution in [3.63, 3.8) is 0 Å². The summed E-state index contributed by atoms with van der Waals surface area (Å²) in [4.78, 5) is 4.53. The van der Waals surface area contributed by atoms with Crippen LogP contribution < -0.4 is 28.7 Å². The molecule has 48 heavy (non-hydrogen) atoms. The number of allylic oxidation sites excluding steroid dienone is 2. The van der Waals surface area contributed by atoms with Gasteiger partial charge in [-0.05, 0) is 13.8 Å². The maximum atomic E-state index is 6.20.